The Hall–Kier alpha value is -2.48. The lowest BCUT2D eigenvalue weighted by molar-refractivity contribution is 0.0983. The Balaban J connectivity index is 1.67. The van der Waals surface area contributed by atoms with Crippen molar-refractivity contribution in [3.05, 3.63) is 30.7 Å². The third kappa shape index (κ3) is 2.76. The molecule has 0 radical (unpaired) electrons. The molecule has 8 heteroatoms. The van der Waals surface area contributed by atoms with Crippen LogP contribution in [-0.4, -0.2) is 41.9 Å². The van der Waals surface area contributed by atoms with Gasteiger partial charge in [0.15, 0.2) is 5.65 Å². The lowest BCUT2D eigenvalue weighted by Gasteiger charge is -2.21. The first-order valence-corrected chi connectivity index (χ1v) is 8.50. The summed E-state index contributed by atoms with van der Waals surface area (Å²) < 4.78 is 9.85. The van der Waals surface area contributed by atoms with Gasteiger partial charge in [-0.25, -0.2) is 19.6 Å². The predicted octanol–water partition coefficient (Wildman–Crippen LogP) is 2.26. The van der Waals surface area contributed by atoms with Gasteiger partial charge in [0.25, 0.3) is 0 Å². The van der Waals surface area contributed by atoms with E-state index in [2.05, 4.69) is 46.1 Å². The molecule has 8 nitrogen and oxygen atoms in total. The average Bonchev–Trinajstić information content (AvgIpc) is 3.25. The van der Waals surface area contributed by atoms with Crippen molar-refractivity contribution in [2.24, 2.45) is 7.05 Å². The van der Waals surface area contributed by atoms with E-state index >= 15 is 0 Å². The van der Waals surface area contributed by atoms with Crippen molar-refractivity contribution in [2.75, 3.05) is 11.9 Å². The van der Waals surface area contributed by atoms with Crippen LogP contribution >= 0.6 is 0 Å². The zero-order valence-corrected chi connectivity index (χ0v) is 15.0. The van der Waals surface area contributed by atoms with Crippen LogP contribution in [0.2, 0.25) is 0 Å². The van der Waals surface area contributed by atoms with Crippen LogP contribution in [0.1, 0.15) is 39.1 Å². The minimum absolute atomic E-state index is 0.0947. The maximum Gasteiger partial charge on any atom is 0.163 e. The second kappa shape index (κ2) is 5.80. The second-order valence-corrected chi connectivity index (χ2v) is 7.41. The number of hydrogen-bond donors (Lipinski definition) is 1. The molecule has 0 aromatic carbocycles. The molecule has 1 aliphatic heterocycles. The summed E-state index contributed by atoms with van der Waals surface area (Å²) >= 11 is 0. The smallest absolute Gasteiger partial charge is 0.163 e. The third-order valence-electron chi connectivity index (χ3n) is 4.53. The van der Waals surface area contributed by atoms with Gasteiger partial charge in [-0.15, -0.1) is 0 Å². The Morgan fingerprint density at radius 3 is 2.80 bits per heavy atom. The molecule has 3 aromatic rings. The minimum atomic E-state index is -0.140. The number of nitrogens with zero attached hydrogens (tertiary/aromatic N) is 6. The van der Waals surface area contributed by atoms with Gasteiger partial charge in [-0.3, -0.25) is 0 Å². The third-order valence-corrected chi connectivity index (χ3v) is 4.53. The summed E-state index contributed by atoms with van der Waals surface area (Å²) in [6.07, 6.45) is 7.95. The van der Waals surface area contributed by atoms with Gasteiger partial charge in [0, 0.05) is 26.0 Å². The van der Waals surface area contributed by atoms with Crippen molar-refractivity contribution in [3.63, 3.8) is 0 Å². The van der Waals surface area contributed by atoms with E-state index < -0.39 is 0 Å². The molecule has 0 unspecified atom stereocenters. The summed E-state index contributed by atoms with van der Waals surface area (Å²) in [5.74, 6) is 1.71. The number of aryl methyl sites for hydroxylation is 1. The largest absolute Gasteiger partial charge is 0.368 e. The number of imidazole rings is 1. The minimum Gasteiger partial charge on any atom is -0.368 e. The SMILES string of the molecule is Cn1ccnc1[C@H]1OCC[C@@H]1Nc1ncnc2c1cnn2C(C)(C)C. The maximum absolute atomic E-state index is 5.92. The molecule has 0 amide bonds. The normalized spacial score (nSPS) is 21.1. The molecular formula is C17H23N7O. The van der Waals surface area contributed by atoms with Gasteiger partial charge >= 0.3 is 0 Å². The number of hydrogen-bond acceptors (Lipinski definition) is 6. The molecule has 1 aliphatic rings. The van der Waals surface area contributed by atoms with Crippen LogP contribution in [0, 0.1) is 0 Å². The number of rotatable bonds is 3. The predicted molar refractivity (Wildman–Crippen MR) is 94.2 cm³/mol. The Morgan fingerprint density at radius 1 is 1.24 bits per heavy atom. The highest BCUT2D eigenvalue weighted by Crippen LogP contribution is 2.32. The summed E-state index contributed by atoms with van der Waals surface area (Å²) in [5, 5.41) is 8.96. The highest BCUT2D eigenvalue weighted by molar-refractivity contribution is 5.86. The maximum atomic E-state index is 5.92. The Labute approximate surface area is 146 Å². The average molecular weight is 341 g/mol. The summed E-state index contributed by atoms with van der Waals surface area (Å²) in [5.41, 5.74) is 0.691. The van der Waals surface area contributed by atoms with Crippen LogP contribution in [0.5, 0.6) is 0 Å². The molecule has 0 aliphatic carbocycles. The zero-order chi connectivity index (χ0) is 17.6. The Bertz CT molecular complexity index is 892. The molecule has 132 valence electrons. The van der Waals surface area contributed by atoms with E-state index in [0.717, 1.165) is 29.1 Å². The summed E-state index contributed by atoms with van der Waals surface area (Å²) in [4.78, 5) is 13.3. The number of fused-ring (bicyclic) bond motifs is 1. The van der Waals surface area contributed by atoms with Crippen LogP contribution < -0.4 is 5.32 Å². The Kier molecular flexibility index (Phi) is 3.72. The molecule has 0 bridgehead atoms. The van der Waals surface area contributed by atoms with Gasteiger partial charge in [0.05, 0.1) is 23.2 Å². The van der Waals surface area contributed by atoms with E-state index in [1.807, 2.05) is 28.7 Å². The van der Waals surface area contributed by atoms with Crippen molar-refractivity contribution in [2.45, 2.75) is 44.9 Å². The van der Waals surface area contributed by atoms with Gasteiger partial charge < -0.3 is 14.6 Å². The van der Waals surface area contributed by atoms with Crippen LogP contribution in [0.4, 0.5) is 5.82 Å². The first kappa shape index (κ1) is 16.0. The van der Waals surface area contributed by atoms with Gasteiger partial charge in [-0.2, -0.15) is 5.10 Å². The van der Waals surface area contributed by atoms with Crippen molar-refractivity contribution < 1.29 is 4.74 Å². The second-order valence-electron chi connectivity index (χ2n) is 7.41. The van der Waals surface area contributed by atoms with E-state index in [-0.39, 0.29) is 17.7 Å². The monoisotopic (exact) mass is 341 g/mol. The molecule has 2 atom stereocenters. The first-order valence-electron chi connectivity index (χ1n) is 8.50. The van der Waals surface area contributed by atoms with Crippen molar-refractivity contribution in [3.8, 4) is 0 Å². The quantitative estimate of drug-likeness (QED) is 0.787. The Morgan fingerprint density at radius 2 is 2.08 bits per heavy atom. The lowest BCUT2D eigenvalue weighted by Crippen LogP contribution is -2.26. The summed E-state index contributed by atoms with van der Waals surface area (Å²) in [7, 11) is 1.98. The molecule has 1 saturated heterocycles. The fraction of sp³-hybridized carbons (Fsp3) is 0.529. The van der Waals surface area contributed by atoms with Gasteiger partial charge in [0.2, 0.25) is 0 Å². The zero-order valence-electron chi connectivity index (χ0n) is 15.0. The standard InChI is InChI=1S/C17H23N7O/c1-17(2,3)24-15-11(9-21-24)14(19-10-20-15)22-12-5-8-25-13(12)16-18-6-7-23(16)4/h6-7,9-10,12-13H,5,8H2,1-4H3,(H,19,20,22)/t12-,13-/m0/s1. The topological polar surface area (TPSA) is 82.7 Å². The van der Waals surface area contributed by atoms with Crippen molar-refractivity contribution in [1.29, 1.82) is 0 Å². The van der Waals surface area contributed by atoms with E-state index in [9.17, 15) is 0 Å². The molecule has 4 rings (SSSR count). The number of anilines is 1. The van der Waals surface area contributed by atoms with E-state index in [1.165, 1.54) is 0 Å². The highest BCUT2D eigenvalue weighted by Gasteiger charge is 2.33. The molecule has 4 heterocycles. The molecule has 1 N–H and O–H groups in total. The molecular weight excluding hydrogens is 318 g/mol. The molecule has 0 spiro atoms. The van der Waals surface area contributed by atoms with Crippen LogP contribution in [0.15, 0.2) is 24.9 Å². The van der Waals surface area contributed by atoms with Crippen LogP contribution in [0.25, 0.3) is 11.0 Å². The number of ether oxygens (including phenoxy) is 1. The van der Waals surface area contributed by atoms with E-state index in [4.69, 9.17) is 4.74 Å². The molecule has 1 fully saturated rings. The van der Waals surface area contributed by atoms with Gasteiger partial charge in [0.1, 0.15) is 24.1 Å². The molecule has 0 saturated carbocycles. The summed E-state index contributed by atoms with van der Waals surface area (Å²) in [6.45, 7) is 7.02. The number of nitrogens with one attached hydrogen (secondary N) is 1. The molecule has 3 aromatic heterocycles. The van der Waals surface area contributed by atoms with Gasteiger partial charge in [-0.05, 0) is 27.2 Å². The van der Waals surface area contributed by atoms with Crippen LogP contribution in [0.3, 0.4) is 0 Å². The lowest BCUT2D eigenvalue weighted by atomic mass is 10.1. The first-order chi connectivity index (χ1) is 11.9. The van der Waals surface area contributed by atoms with Crippen molar-refractivity contribution in [1.82, 2.24) is 29.3 Å². The highest BCUT2D eigenvalue weighted by atomic mass is 16.5. The molecule has 25 heavy (non-hydrogen) atoms. The van der Waals surface area contributed by atoms with Crippen LogP contribution in [-0.2, 0) is 17.3 Å². The van der Waals surface area contributed by atoms with E-state index in [1.54, 1.807) is 12.5 Å². The fourth-order valence-corrected chi connectivity index (χ4v) is 3.27. The van der Waals surface area contributed by atoms with E-state index in [0.29, 0.717) is 6.61 Å². The van der Waals surface area contributed by atoms with Crippen molar-refractivity contribution >= 4 is 16.9 Å². The fourth-order valence-electron chi connectivity index (χ4n) is 3.27. The number of aromatic nitrogens is 6. The summed E-state index contributed by atoms with van der Waals surface area (Å²) in [6, 6.07) is 0.109. The van der Waals surface area contributed by atoms with Gasteiger partial charge in [-0.1, -0.05) is 0 Å².